The largest absolute Gasteiger partial charge is 1.00 e. The summed E-state index contributed by atoms with van der Waals surface area (Å²) < 4.78 is 6.73. The smallest absolute Gasteiger partial charge is 1.00 e. The number of fused-ring (bicyclic) bond motifs is 2. The van der Waals surface area contributed by atoms with Crippen molar-refractivity contribution < 1.29 is 41.0 Å². The number of halogens is 1. The average molecular weight is 569 g/mol. The Balaban J connectivity index is 0.00000277. The van der Waals surface area contributed by atoms with Gasteiger partial charge in [0.1, 0.15) is 0 Å². The summed E-state index contributed by atoms with van der Waals surface area (Å²) in [6, 6.07) is 28.9. The van der Waals surface area contributed by atoms with Gasteiger partial charge in [0.05, 0.1) is 0 Å². The molecular formula is C33H29ClN2O2Ti. The molecule has 7 rings (SSSR count). The predicted molar refractivity (Wildman–Crippen MR) is 149 cm³/mol. The number of para-hydroxylation sites is 2. The Kier molecular flexibility index (Phi) is 6.59. The number of benzene rings is 4. The molecule has 2 unspecified atom stereocenters. The maximum atomic E-state index is 11.0. The van der Waals surface area contributed by atoms with E-state index in [1.807, 2.05) is 24.3 Å². The van der Waals surface area contributed by atoms with Crippen LogP contribution in [0.2, 0.25) is 0 Å². The summed E-state index contributed by atoms with van der Waals surface area (Å²) in [5.41, 5.74) is 9.41. The van der Waals surface area contributed by atoms with Gasteiger partial charge in [0.2, 0.25) is 0 Å². The zero-order valence-electron chi connectivity index (χ0n) is 21.8. The van der Waals surface area contributed by atoms with Crippen molar-refractivity contribution in [3.05, 3.63) is 140 Å². The molecule has 1 aliphatic carbocycles. The van der Waals surface area contributed by atoms with Crippen LogP contribution in [0.5, 0.6) is 11.5 Å². The van der Waals surface area contributed by atoms with E-state index in [0.29, 0.717) is 11.5 Å². The van der Waals surface area contributed by atoms with Crippen LogP contribution in [-0.2, 0) is 18.4 Å². The summed E-state index contributed by atoms with van der Waals surface area (Å²) in [4.78, 5) is 0. The molecule has 4 aromatic rings. The second kappa shape index (κ2) is 9.95. The Morgan fingerprint density at radius 1 is 0.667 bits per heavy atom. The van der Waals surface area contributed by atoms with Gasteiger partial charge in [-0.05, 0) is 0 Å². The Morgan fingerprint density at radius 3 is 1.59 bits per heavy atom. The number of aryl methyl sites for hydroxylation is 2. The molecule has 2 aliphatic heterocycles. The van der Waals surface area contributed by atoms with Gasteiger partial charge in [-0.25, -0.2) is 0 Å². The summed E-state index contributed by atoms with van der Waals surface area (Å²) in [7, 11) is 0. The molecule has 3 aliphatic rings. The van der Waals surface area contributed by atoms with Crippen molar-refractivity contribution in [2.45, 2.75) is 32.4 Å². The molecule has 0 amide bonds. The summed E-state index contributed by atoms with van der Waals surface area (Å²) >= 11 is -2.46. The summed E-state index contributed by atoms with van der Waals surface area (Å²) in [6.07, 6.45) is 7.67. The SMILES string of the molecule is Cc1ccc2c(c1)[N]([Ti+]([C]1=CC=CC1)[N]1c3cc(C)ccc3C1c1ccccc1O)C2c1ccccc1O.[Cl-]. The molecule has 6 heteroatoms. The van der Waals surface area contributed by atoms with Crippen LogP contribution in [0.25, 0.3) is 0 Å². The number of phenolic OH excluding ortho intramolecular Hbond substituents is 2. The van der Waals surface area contributed by atoms with Crippen LogP contribution < -0.4 is 19.2 Å². The third-order valence-electron chi connectivity index (χ3n) is 7.97. The van der Waals surface area contributed by atoms with Gasteiger partial charge in [-0.2, -0.15) is 0 Å². The van der Waals surface area contributed by atoms with E-state index < -0.39 is 18.4 Å². The first-order chi connectivity index (χ1) is 18.5. The van der Waals surface area contributed by atoms with E-state index in [4.69, 9.17) is 0 Å². The van der Waals surface area contributed by atoms with Gasteiger partial charge in [0, 0.05) is 0 Å². The van der Waals surface area contributed by atoms with Crippen molar-refractivity contribution in [2.75, 3.05) is 6.76 Å². The zero-order valence-corrected chi connectivity index (χ0v) is 24.2. The molecule has 0 aromatic heterocycles. The van der Waals surface area contributed by atoms with E-state index >= 15 is 0 Å². The van der Waals surface area contributed by atoms with Gasteiger partial charge >= 0.3 is 231 Å². The summed E-state index contributed by atoms with van der Waals surface area (Å²) in [5, 5.41) is 22.0. The molecule has 194 valence electrons. The van der Waals surface area contributed by atoms with Crippen LogP contribution in [0.15, 0.2) is 107 Å². The minimum atomic E-state index is -2.46. The molecule has 0 bridgehead atoms. The fourth-order valence-electron chi connectivity index (χ4n) is 6.17. The molecule has 0 radical (unpaired) electrons. The van der Waals surface area contributed by atoms with Crippen molar-refractivity contribution in [1.29, 1.82) is 0 Å². The molecule has 0 spiro atoms. The van der Waals surface area contributed by atoms with Crippen LogP contribution in [0.1, 0.15) is 51.9 Å². The molecule has 2 heterocycles. The number of phenols is 2. The maximum absolute atomic E-state index is 11.0. The van der Waals surface area contributed by atoms with Gasteiger partial charge in [-0.15, -0.1) is 0 Å². The number of hydrogen-bond acceptors (Lipinski definition) is 4. The number of allylic oxidation sites excluding steroid dienone is 4. The second-order valence-corrected chi connectivity index (χ2v) is 14.0. The molecule has 4 nitrogen and oxygen atoms in total. The van der Waals surface area contributed by atoms with E-state index in [2.05, 4.69) is 87.4 Å². The number of anilines is 2. The van der Waals surface area contributed by atoms with Crippen molar-refractivity contribution >= 4 is 11.4 Å². The number of nitrogens with zero attached hydrogens (tertiary/aromatic N) is 2. The van der Waals surface area contributed by atoms with Crippen molar-refractivity contribution in [2.24, 2.45) is 0 Å². The molecule has 4 aromatic carbocycles. The molecule has 2 atom stereocenters. The minimum absolute atomic E-state index is 0. The van der Waals surface area contributed by atoms with E-state index in [0.717, 1.165) is 17.5 Å². The molecule has 0 saturated carbocycles. The van der Waals surface area contributed by atoms with Gasteiger partial charge in [0.25, 0.3) is 0 Å². The maximum Gasteiger partial charge on any atom is -1.00 e. The Hall–Kier alpha value is -3.44. The fraction of sp³-hybridized carbons (Fsp3) is 0.152. The second-order valence-electron chi connectivity index (χ2n) is 10.4. The summed E-state index contributed by atoms with van der Waals surface area (Å²) in [5.74, 6) is 0.670. The van der Waals surface area contributed by atoms with Crippen LogP contribution in [0, 0.1) is 13.8 Å². The molecule has 0 fully saturated rings. The van der Waals surface area contributed by atoms with Gasteiger partial charge in [-0.1, -0.05) is 0 Å². The van der Waals surface area contributed by atoms with Crippen LogP contribution in [0.3, 0.4) is 0 Å². The van der Waals surface area contributed by atoms with Crippen molar-refractivity contribution in [1.82, 2.24) is 0 Å². The Bertz CT molecular complexity index is 1540. The van der Waals surface area contributed by atoms with E-state index in [1.54, 1.807) is 12.1 Å². The summed E-state index contributed by atoms with van der Waals surface area (Å²) in [6.45, 7) is 4.30. The Morgan fingerprint density at radius 2 is 1.15 bits per heavy atom. The first-order valence-corrected chi connectivity index (χ1v) is 15.3. The number of hydrogen-bond donors (Lipinski definition) is 2. The van der Waals surface area contributed by atoms with Crippen LogP contribution >= 0.6 is 0 Å². The molecule has 39 heavy (non-hydrogen) atoms. The topological polar surface area (TPSA) is 46.9 Å². The number of rotatable bonds is 5. The monoisotopic (exact) mass is 568 g/mol. The first kappa shape index (κ1) is 25.8. The van der Waals surface area contributed by atoms with E-state index in [9.17, 15) is 10.2 Å². The van der Waals surface area contributed by atoms with Crippen LogP contribution in [0.4, 0.5) is 11.4 Å². The van der Waals surface area contributed by atoms with Gasteiger partial charge < -0.3 is 12.4 Å². The zero-order chi connectivity index (χ0) is 26.0. The van der Waals surface area contributed by atoms with Crippen molar-refractivity contribution in [3.8, 4) is 11.5 Å². The molecular weight excluding hydrogens is 540 g/mol. The fourth-order valence-corrected chi connectivity index (χ4v) is 11.3. The molecule has 2 N–H and O–H groups in total. The first-order valence-electron chi connectivity index (χ1n) is 13.1. The standard InChI is InChI=1S/2C14H12NO.C5H5.ClH.Ti/c2*1-9-6-7-10-12(8-9)15-14(10)11-4-2-3-5-13(11)16;1-2-4-5-3-1;;/h2*2-8,14,16H,1H3;1-3H,4H2;1H;/q2*-1;;;+3/p-1. The number of aromatic hydroxyl groups is 2. The third-order valence-corrected chi connectivity index (χ3v) is 12.4. The molecule has 0 saturated heterocycles. The third kappa shape index (κ3) is 4.01. The van der Waals surface area contributed by atoms with E-state index in [1.165, 1.54) is 37.5 Å². The Labute approximate surface area is 242 Å². The van der Waals surface area contributed by atoms with E-state index in [-0.39, 0.29) is 24.5 Å². The average Bonchev–Trinajstić information content (AvgIpc) is 3.43. The normalized spacial score (nSPS) is 18.4. The van der Waals surface area contributed by atoms with Gasteiger partial charge in [0.15, 0.2) is 0 Å². The quantitative estimate of drug-likeness (QED) is 0.348. The van der Waals surface area contributed by atoms with Crippen molar-refractivity contribution in [3.63, 3.8) is 0 Å². The van der Waals surface area contributed by atoms with Crippen LogP contribution in [-0.4, -0.2) is 10.2 Å². The minimum Gasteiger partial charge on any atom is -1.00 e. The predicted octanol–water partition coefficient (Wildman–Crippen LogP) is 4.53. The van der Waals surface area contributed by atoms with Gasteiger partial charge in [-0.3, -0.25) is 0 Å².